The predicted molar refractivity (Wildman–Crippen MR) is 257 cm³/mol. The molecule has 1 saturated carbocycles. The second-order valence-corrected chi connectivity index (χ2v) is 30.2. The van der Waals surface area contributed by atoms with Crippen LogP contribution in [-0.2, 0) is 31.1 Å². The average molecular weight is 1010 g/mol. The molecule has 0 heterocycles. The summed E-state index contributed by atoms with van der Waals surface area (Å²) in [5.41, 5.74) is 0. The van der Waals surface area contributed by atoms with Crippen molar-refractivity contribution >= 4 is 60.9 Å². The van der Waals surface area contributed by atoms with Crippen molar-refractivity contribution in [1.29, 1.82) is 0 Å². The van der Waals surface area contributed by atoms with Gasteiger partial charge in [-0.05, 0) is 108 Å². The summed E-state index contributed by atoms with van der Waals surface area (Å²) in [6, 6.07) is 0. The molecule has 0 aromatic rings. The molecule has 0 saturated heterocycles. The SMILES string of the molecule is C.CC1C=C(O[Si](C)(C)C)CCC1.CC1CCCC(=O)C1I.CCCC[N+](CCCC)(CCCC)CCCC.C[Si](C)(C)Cl.O=C1C=CCCC1.[CH3-].[CH3-].[Cu+].[F-].[Li+]. The van der Waals surface area contributed by atoms with Gasteiger partial charge in [0.2, 0.25) is 8.32 Å². The maximum atomic E-state index is 11.0. The van der Waals surface area contributed by atoms with Crippen LogP contribution >= 0.6 is 33.7 Å². The zero-order chi connectivity index (χ0) is 38.6. The quantitative estimate of drug-likeness (QED) is 0.0435. The van der Waals surface area contributed by atoms with Gasteiger partial charge in [-0.2, -0.15) is 11.1 Å². The van der Waals surface area contributed by atoms with Crippen molar-refractivity contribution in [3.63, 3.8) is 0 Å². The molecule has 0 N–H and O–H groups in total. The molecule has 3 aliphatic rings. The number of alkyl halides is 1. The van der Waals surface area contributed by atoms with Crippen molar-refractivity contribution in [2.45, 2.75) is 201 Å². The first-order chi connectivity index (χ1) is 23.3. The molecule has 0 spiro atoms. The van der Waals surface area contributed by atoms with Crippen LogP contribution in [0.5, 0.6) is 0 Å². The van der Waals surface area contributed by atoms with E-state index in [1.54, 1.807) is 6.08 Å². The van der Waals surface area contributed by atoms with Crippen LogP contribution < -0.4 is 23.6 Å². The van der Waals surface area contributed by atoms with E-state index in [0.29, 0.717) is 15.6 Å². The number of unbranched alkanes of at least 4 members (excludes halogenated alkanes) is 4. The second-order valence-electron chi connectivity index (χ2n) is 16.9. The average Bonchev–Trinajstić information content (AvgIpc) is 3.03. The van der Waals surface area contributed by atoms with E-state index < -0.39 is 15.7 Å². The van der Waals surface area contributed by atoms with Crippen LogP contribution in [0.3, 0.4) is 0 Å². The number of quaternary nitrogens is 1. The molecule has 3 aliphatic carbocycles. The number of carbonyl (C=O) groups excluding carboxylic acids is 2. The monoisotopic (exact) mass is 1000 g/mol. The molecule has 0 bridgehead atoms. The van der Waals surface area contributed by atoms with Crippen LogP contribution in [0.4, 0.5) is 0 Å². The van der Waals surface area contributed by atoms with Gasteiger partial charge in [0.15, 0.2) is 5.78 Å². The Kier molecular flexibility index (Phi) is 58.7. The number of hydrogen-bond donors (Lipinski definition) is 0. The van der Waals surface area contributed by atoms with Crippen LogP contribution in [0.25, 0.3) is 0 Å². The van der Waals surface area contributed by atoms with E-state index in [1.807, 2.05) is 6.08 Å². The minimum atomic E-state index is -1.34. The fourth-order valence-electron chi connectivity index (χ4n) is 6.10. The summed E-state index contributed by atoms with van der Waals surface area (Å²) in [6.45, 7) is 32.5. The number of hydrogen-bond acceptors (Lipinski definition) is 3. The minimum Gasteiger partial charge on any atom is -1.00 e. The fourth-order valence-corrected chi connectivity index (χ4v) is 7.73. The third-order valence-electron chi connectivity index (χ3n) is 8.92. The van der Waals surface area contributed by atoms with Gasteiger partial charge in [-0.15, -0.1) is 0 Å². The van der Waals surface area contributed by atoms with Crippen LogP contribution in [0.1, 0.15) is 158 Å². The van der Waals surface area contributed by atoms with Crippen molar-refractivity contribution in [1.82, 2.24) is 0 Å². The summed E-state index contributed by atoms with van der Waals surface area (Å²) in [5, 5.41) is 0. The van der Waals surface area contributed by atoms with E-state index in [2.05, 4.69) is 109 Å². The Morgan fingerprint density at radius 1 is 0.768 bits per heavy atom. The van der Waals surface area contributed by atoms with Gasteiger partial charge in [-0.25, -0.2) is 0 Å². The zero-order valence-electron chi connectivity index (χ0n) is 38.9. The van der Waals surface area contributed by atoms with Gasteiger partial charge in [0, 0.05) is 19.3 Å². The molecule has 4 nitrogen and oxygen atoms in total. The van der Waals surface area contributed by atoms with Gasteiger partial charge < -0.3 is 28.5 Å². The Labute approximate surface area is 395 Å². The summed E-state index contributed by atoms with van der Waals surface area (Å²) >= 11 is 7.93. The Balaban J connectivity index is -0.0000000877. The normalized spacial score (nSPS) is 18.5. The first kappa shape index (κ1) is 74.5. The van der Waals surface area contributed by atoms with Crippen LogP contribution in [0.2, 0.25) is 39.3 Å². The minimum absolute atomic E-state index is 0. The van der Waals surface area contributed by atoms with Gasteiger partial charge >= 0.3 is 35.9 Å². The van der Waals surface area contributed by atoms with E-state index >= 15 is 0 Å². The standard InChI is InChI=1S/C16H36N.C10H20OSi.C7H11IO.C6H8O.C3H9ClSi.CH4.2CH3.Cu.FH.Li/c1-5-9-13-17(14-10-6-2,15-11-7-3)16-12-8-4;1-9-6-5-7-10(8-9)11-12(2,3)4;1-5-3-2-4-6(9)7(5)8;7-6-4-2-1-3-5-6;1-5(2,3)4;;;;;;/h5-16H2,1-4H3;8-9H,5-7H2,1-4H3;5,7H,2-4H2,1H3;2,4H,1,3,5H2;1-3H3;1H4;2*1H3;;1H;/q+1;;;;;;2*-1;+1;;+1/p-1. The molecule has 0 aromatic carbocycles. The van der Waals surface area contributed by atoms with E-state index in [9.17, 15) is 9.59 Å². The van der Waals surface area contributed by atoms with Crippen molar-refractivity contribution in [3.05, 3.63) is 38.8 Å². The molecule has 3 unspecified atom stereocenters. The fraction of sp³-hybridized carbons (Fsp3) is 0.822. The van der Waals surface area contributed by atoms with Crippen molar-refractivity contribution in [3.8, 4) is 0 Å². The van der Waals surface area contributed by atoms with E-state index in [4.69, 9.17) is 15.5 Å². The third kappa shape index (κ3) is 47.8. The first-order valence-electron chi connectivity index (χ1n) is 20.6. The smallest absolute Gasteiger partial charge is 1.00 e. The zero-order valence-corrected chi connectivity index (χ0v) is 44.8. The molecular formula is C45H94ClCuFILiNO3Si2. The van der Waals surface area contributed by atoms with E-state index in [1.165, 1.54) is 107 Å². The van der Waals surface area contributed by atoms with Crippen molar-refractivity contribution in [2.24, 2.45) is 11.8 Å². The summed E-state index contributed by atoms with van der Waals surface area (Å²) in [7, 11) is -2.48. The summed E-state index contributed by atoms with van der Waals surface area (Å²) in [4.78, 5) is 21.4. The van der Waals surface area contributed by atoms with Crippen LogP contribution in [0, 0.1) is 26.7 Å². The molecule has 11 heteroatoms. The Morgan fingerprint density at radius 3 is 1.45 bits per heavy atom. The molecule has 0 aromatic heterocycles. The topological polar surface area (TPSA) is 43.4 Å². The molecule has 56 heavy (non-hydrogen) atoms. The van der Waals surface area contributed by atoms with Gasteiger partial charge in [-0.1, -0.05) is 123 Å². The molecule has 3 rings (SSSR count). The van der Waals surface area contributed by atoms with Gasteiger partial charge in [0.1, 0.15) is 13.2 Å². The van der Waals surface area contributed by atoms with E-state index in [0.717, 1.165) is 44.4 Å². The molecule has 1 fully saturated rings. The first-order valence-corrected chi connectivity index (χ1v) is 29.8. The molecular weight excluding hydrogens is 911 g/mol. The van der Waals surface area contributed by atoms with Crippen LogP contribution in [0.15, 0.2) is 24.0 Å². The Morgan fingerprint density at radius 2 is 1.18 bits per heavy atom. The number of halogens is 3. The van der Waals surface area contributed by atoms with Gasteiger partial charge in [0.25, 0.3) is 0 Å². The number of rotatable bonds is 14. The predicted octanol–water partition coefficient (Wildman–Crippen LogP) is 9.62. The van der Waals surface area contributed by atoms with Crippen molar-refractivity contribution < 1.29 is 59.1 Å². The molecule has 0 amide bonds. The Bertz CT molecular complexity index is 908. The summed E-state index contributed by atoms with van der Waals surface area (Å²) in [6.07, 6.45) is 26.8. The molecule has 338 valence electrons. The molecule has 3 atom stereocenters. The molecule has 0 radical (unpaired) electrons. The van der Waals surface area contributed by atoms with Crippen molar-refractivity contribution in [2.75, 3.05) is 26.2 Å². The maximum Gasteiger partial charge on any atom is 1.00 e. The molecule has 0 aliphatic heterocycles. The number of nitrogens with zero attached hydrogens (tertiary/aromatic N) is 1. The number of allylic oxidation sites excluding steroid dienone is 4. The Hall–Kier alpha value is 1.08. The van der Waals surface area contributed by atoms with Crippen LogP contribution in [-0.4, -0.2) is 61.9 Å². The second kappa shape index (κ2) is 44.1. The van der Waals surface area contributed by atoms with Gasteiger partial charge in [0.05, 0.1) is 35.9 Å². The number of carbonyl (C=O) groups is 2. The number of ketones is 2. The van der Waals surface area contributed by atoms with Gasteiger partial charge in [-0.3, -0.25) is 9.59 Å². The van der Waals surface area contributed by atoms with E-state index in [-0.39, 0.29) is 68.7 Å². The largest absolute Gasteiger partial charge is 1.00 e. The third-order valence-corrected chi connectivity index (χ3v) is 11.7. The summed E-state index contributed by atoms with van der Waals surface area (Å²) < 4.78 is 7.67. The number of Topliss-reactive ketones (excluding diaryl/α,β-unsaturated/α-hetero) is 1. The maximum absolute atomic E-state index is 11.0. The summed E-state index contributed by atoms with van der Waals surface area (Å²) in [5.74, 6) is 3.34.